The van der Waals surface area contributed by atoms with Crippen molar-refractivity contribution in [2.45, 2.75) is 149 Å². The minimum absolute atomic E-state index is 0.196. The highest BCUT2D eigenvalue weighted by Gasteiger charge is 2.42. The van der Waals surface area contributed by atoms with E-state index in [1.807, 2.05) is 56.0 Å². The standard InChI is InChI=1S/C56H78N6O7Si2/c1-12-30-67-46-35-50(61(36-46)55(64)69-56(3,4)5)53-58-51(48(13-2)62(53)40-66-32-34-71(9,10)11)45-27-23-43(24-28-45)42-21-25-44(26-22-42)47-37-59(39-65-31-33-70(6,7)8)52(57-47)49-20-17-29-60(49)54(63)68-38-41-18-15-14-16-19-41/h12,14-16,18-19,21-28,37,46,49-50H,1,13,17,20,29-36,38-40H2,2-11H3/t46?,49-,50?/m0/s1. The molecule has 0 radical (unpaired) electrons. The van der Waals surface area contributed by atoms with E-state index < -0.39 is 21.7 Å². The Labute approximate surface area is 424 Å². The zero-order valence-corrected chi connectivity index (χ0v) is 46.0. The van der Waals surface area contributed by atoms with Crippen LogP contribution < -0.4 is 0 Å². The van der Waals surface area contributed by atoms with E-state index in [2.05, 4.69) is 117 Å². The number of hydrogen-bond acceptors (Lipinski definition) is 9. The minimum Gasteiger partial charge on any atom is -0.445 e. The summed E-state index contributed by atoms with van der Waals surface area (Å²) in [4.78, 5) is 41.5. The highest BCUT2D eigenvalue weighted by atomic mass is 28.3. The van der Waals surface area contributed by atoms with Crippen molar-refractivity contribution in [1.29, 1.82) is 0 Å². The lowest BCUT2D eigenvalue weighted by Gasteiger charge is -2.28. The number of nitrogens with zero attached hydrogens (tertiary/aromatic N) is 6. The van der Waals surface area contributed by atoms with Gasteiger partial charge in [0.15, 0.2) is 0 Å². The summed E-state index contributed by atoms with van der Waals surface area (Å²) < 4.78 is 34.9. The third-order valence-electron chi connectivity index (χ3n) is 13.0. The van der Waals surface area contributed by atoms with Gasteiger partial charge in [0.1, 0.15) is 37.3 Å². The molecule has 0 bridgehead atoms. The van der Waals surface area contributed by atoms with Crippen LogP contribution in [0.5, 0.6) is 0 Å². The predicted octanol–water partition coefficient (Wildman–Crippen LogP) is 13.0. The normalized spacial score (nSPS) is 17.5. The summed E-state index contributed by atoms with van der Waals surface area (Å²) in [7, 11) is -2.62. The summed E-state index contributed by atoms with van der Waals surface area (Å²) in [5, 5.41) is 0. The van der Waals surface area contributed by atoms with Gasteiger partial charge in [-0.05, 0) is 68.8 Å². The van der Waals surface area contributed by atoms with Crippen molar-refractivity contribution in [3.05, 3.63) is 121 Å². The Balaban J connectivity index is 1.14. The van der Waals surface area contributed by atoms with Gasteiger partial charge in [-0.1, -0.05) is 131 Å². The van der Waals surface area contributed by atoms with Crippen molar-refractivity contribution in [1.82, 2.24) is 28.9 Å². The zero-order valence-electron chi connectivity index (χ0n) is 44.0. The van der Waals surface area contributed by atoms with E-state index in [4.69, 9.17) is 33.7 Å². The van der Waals surface area contributed by atoms with Crippen LogP contribution in [-0.2, 0) is 50.2 Å². The Morgan fingerprint density at radius 1 is 0.761 bits per heavy atom. The smallest absolute Gasteiger partial charge is 0.411 e. The molecule has 2 aliphatic heterocycles. The first-order valence-electron chi connectivity index (χ1n) is 25.5. The van der Waals surface area contributed by atoms with Crippen LogP contribution >= 0.6 is 0 Å². The maximum Gasteiger partial charge on any atom is 0.411 e. The minimum atomic E-state index is -1.33. The second-order valence-corrected chi connectivity index (χ2v) is 33.6. The number of carbonyl (C=O) groups excluding carboxylic acids is 2. The molecule has 2 amide bonds. The highest BCUT2D eigenvalue weighted by molar-refractivity contribution is 6.76. The molecule has 2 fully saturated rings. The van der Waals surface area contributed by atoms with Gasteiger partial charge in [-0.15, -0.1) is 6.58 Å². The average Bonchev–Trinajstić information content (AvgIpc) is 4.15. The van der Waals surface area contributed by atoms with Crippen LogP contribution in [0.3, 0.4) is 0 Å². The molecule has 71 heavy (non-hydrogen) atoms. The predicted molar refractivity (Wildman–Crippen MR) is 287 cm³/mol. The molecule has 3 atom stereocenters. The van der Waals surface area contributed by atoms with Crippen molar-refractivity contribution in [3.63, 3.8) is 0 Å². The molecule has 13 nitrogen and oxygen atoms in total. The number of rotatable bonds is 21. The molecule has 4 heterocycles. The second-order valence-electron chi connectivity index (χ2n) is 22.4. The maximum absolute atomic E-state index is 13.8. The van der Waals surface area contributed by atoms with Gasteiger partial charge in [0.25, 0.3) is 0 Å². The molecule has 2 saturated heterocycles. The molecule has 0 aliphatic carbocycles. The summed E-state index contributed by atoms with van der Waals surface area (Å²) in [5.41, 5.74) is 7.15. The monoisotopic (exact) mass is 1000 g/mol. The van der Waals surface area contributed by atoms with E-state index in [1.165, 1.54) is 0 Å². The van der Waals surface area contributed by atoms with Crippen LogP contribution in [0.4, 0.5) is 9.59 Å². The second kappa shape index (κ2) is 23.5. The third kappa shape index (κ3) is 14.4. The van der Waals surface area contributed by atoms with Gasteiger partial charge in [-0.3, -0.25) is 9.80 Å². The third-order valence-corrected chi connectivity index (χ3v) is 16.4. The van der Waals surface area contributed by atoms with Crippen LogP contribution in [0.1, 0.15) is 81.9 Å². The number of aromatic nitrogens is 4. The van der Waals surface area contributed by atoms with Gasteiger partial charge in [-0.25, -0.2) is 19.6 Å². The molecule has 15 heteroatoms. The summed E-state index contributed by atoms with van der Waals surface area (Å²) in [6.07, 6.45) is 5.85. The highest BCUT2D eigenvalue weighted by Crippen LogP contribution is 2.39. The number of likely N-dealkylation sites (tertiary alicyclic amines) is 2. The van der Waals surface area contributed by atoms with Crippen molar-refractivity contribution in [3.8, 4) is 33.6 Å². The Kier molecular flexibility index (Phi) is 17.7. The van der Waals surface area contributed by atoms with Gasteiger partial charge in [0.05, 0.1) is 42.7 Å². The Morgan fingerprint density at radius 2 is 1.38 bits per heavy atom. The van der Waals surface area contributed by atoms with Crippen LogP contribution in [0.2, 0.25) is 51.4 Å². The van der Waals surface area contributed by atoms with Gasteiger partial charge in [0, 0.05) is 65.3 Å². The van der Waals surface area contributed by atoms with Crippen molar-refractivity contribution in [2.75, 3.05) is 32.9 Å². The van der Waals surface area contributed by atoms with E-state index >= 15 is 0 Å². The topological polar surface area (TPSA) is 122 Å². The van der Waals surface area contributed by atoms with Gasteiger partial charge < -0.3 is 32.8 Å². The number of ether oxygens (including phenoxy) is 5. The van der Waals surface area contributed by atoms with E-state index in [0.29, 0.717) is 52.8 Å². The Bertz CT molecular complexity index is 2540. The van der Waals surface area contributed by atoms with Crippen LogP contribution in [0.15, 0.2) is 97.7 Å². The quantitative estimate of drug-likeness (QED) is 0.0402. The molecule has 5 aromatic rings. The fraction of sp³-hybridized carbons (Fsp3) is 0.500. The van der Waals surface area contributed by atoms with Crippen molar-refractivity contribution in [2.24, 2.45) is 0 Å². The van der Waals surface area contributed by atoms with E-state index in [1.54, 1.807) is 11.0 Å². The fourth-order valence-corrected chi connectivity index (χ4v) is 10.6. The van der Waals surface area contributed by atoms with Crippen molar-refractivity contribution < 1.29 is 33.3 Å². The number of imidazole rings is 2. The number of carbonyl (C=O) groups is 2. The lowest BCUT2D eigenvalue weighted by Crippen LogP contribution is -2.38. The van der Waals surface area contributed by atoms with E-state index in [-0.39, 0.29) is 37.0 Å². The first-order chi connectivity index (χ1) is 33.8. The molecule has 0 N–H and O–H groups in total. The van der Waals surface area contributed by atoms with Crippen LogP contribution in [0, 0.1) is 0 Å². The van der Waals surface area contributed by atoms with Crippen LogP contribution in [-0.4, -0.2) is 102 Å². The maximum atomic E-state index is 13.8. The molecule has 382 valence electrons. The summed E-state index contributed by atoms with van der Waals surface area (Å²) >= 11 is 0. The summed E-state index contributed by atoms with van der Waals surface area (Å²) in [5.74, 6) is 1.58. The van der Waals surface area contributed by atoms with Gasteiger partial charge in [0.2, 0.25) is 0 Å². The fourth-order valence-electron chi connectivity index (χ4n) is 9.11. The van der Waals surface area contributed by atoms with Crippen LogP contribution in [0.25, 0.3) is 33.6 Å². The first-order valence-corrected chi connectivity index (χ1v) is 32.9. The number of benzene rings is 3. The number of amides is 2. The summed E-state index contributed by atoms with van der Waals surface area (Å²) in [6.45, 7) is 29.4. The molecular formula is C56H78N6O7Si2. The molecule has 2 aliphatic rings. The van der Waals surface area contributed by atoms with Gasteiger partial charge in [-0.2, -0.15) is 0 Å². The molecule has 2 unspecified atom stereocenters. The molecule has 2 aromatic heterocycles. The first kappa shape index (κ1) is 53.5. The van der Waals surface area contributed by atoms with E-state index in [9.17, 15) is 9.59 Å². The lowest BCUT2D eigenvalue weighted by molar-refractivity contribution is 0.0167. The lowest BCUT2D eigenvalue weighted by atomic mass is 10.0. The molecule has 3 aromatic carbocycles. The molecule has 0 spiro atoms. The van der Waals surface area contributed by atoms with Gasteiger partial charge >= 0.3 is 12.2 Å². The number of hydrogen-bond donors (Lipinski definition) is 0. The zero-order chi connectivity index (χ0) is 50.9. The SMILES string of the molecule is C=CCOC1CC(c2nc(-c3ccc(-c4ccc(-c5cn(COCC[Si](C)(C)C)c([C@@H]6CCCN6C(=O)OCc6ccccc6)n5)cc4)cc3)c(CC)n2COCC[Si](C)(C)C)N(C(=O)OC(C)(C)C)C1. The average molecular weight is 1000 g/mol. The summed E-state index contributed by atoms with van der Waals surface area (Å²) in [6, 6.07) is 28.3. The molecular weight excluding hydrogens is 925 g/mol. The molecule has 0 saturated carbocycles. The Morgan fingerprint density at radius 3 is 1.99 bits per heavy atom. The molecule has 7 rings (SSSR count). The van der Waals surface area contributed by atoms with Crippen molar-refractivity contribution >= 4 is 28.3 Å². The Hall–Kier alpha value is -5.33. The van der Waals surface area contributed by atoms with E-state index in [0.717, 1.165) is 87.9 Å². The largest absolute Gasteiger partial charge is 0.445 e.